The van der Waals surface area contributed by atoms with Gasteiger partial charge in [0, 0.05) is 31.5 Å². The van der Waals surface area contributed by atoms with Crippen LogP contribution in [0, 0.1) is 11.8 Å². The van der Waals surface area contributed by atoms with Crippen molar-refractivity contribution in [1.29, 1.82) is 0 Å². The van der Waals surface area contributed by atoms with Crippen LogP contribution in [0.1, 0.15) is 22.3 Å². The third-order valence-electron chi connectivity index (χ3n) is 5.48. The maximum atomic E-state index is 12.6. The van der Waals surface area contributed by atoms with Crippen molar-refractivity contribution in [3.05, 3.63) is 59.7 Å². The fraction of sp³-hybridized carbons (Fsp3) is 0.333. The number of aromatic carboxylic acids is 1. The van der Waals surface area contributed by atoms with E-state index in [4.69, 9.17) is 5.11 Å². The molecule has 27 heavy (non-hydrogen) atoms. The van der Waals surface area contributed by atoms with Gasteiger partial charge in [-0.05, 0) is 41.8 Å². The van der Waals surface area contributed by atoms with Crippen LogP contribution in [0.4, 0.5) is 0 Å². The lowest BCUT2D eigenvalue weighted by Crippen LogP contribution is -2.36. The van der Waals surface area contributed by atoms with Gasteiger partial charge in [-0.25, -0.2) is 4.79 Å². The van der Waals surface area contributed by atoms with Crippen LogP contribution in [0.5, 0.6) is 0 Å². The molecule has 0 spiro atoms. The first kappa shape index (κ1) is 19.4. The summed E-state index contributed by atoms with van der Waals surface area (Å²) in [5.74, 6) is 0.0225. The summed E-state index contributed by atoms with van der Waals surface area (Å²) in [5, 5.41) is 12.4. The van der Waals surface area contributed by atoms with E-state index in [0.717, 1.165) is 42.7 Å². The normalized spacial score (nSPS) is 21.5. The predicted octanol–water partition coefficient (Wildman–Crippen LogP) is 3.04. The molecular formula is C21H23ClN2O3. The topological polar surface area (TPSA) is 69.6 Å². The Morgan fingerprint density at radius 2 is 1.70 bits per heavy atom. The van der Waals surface area contributed by atoms with Crippen molar-refractivity contribution < 1.29 is 14.7 Å². The van der Waals surface area contributed by atoms with Gasteiger partial charge in [-0.15, -0.1) is 12.4 Å². The minimum atomic E-state index is -0.919. The largest absolute Gasteiger partial charge is 0.478 e. The first-order chi connectivity index (χ1) is 12.6. The van der Waals surface area contributed by atoms with E-state index in [1.54, 1.807) is 12.1 Å². The lowest BCUT2D eigenvalue weighted by Gasteiger charge is -2.22. The Hall–Kier alpha value is -2.37. The van der Waals surface area contributed by atoms with E-state index in [1.165, 1.54) is 0 Å². The number of carbonyl (C=O) groups excluding carboxylic acids is 1. The van der Waals surface area contributed by atoms with Crippen molar-refractivity contribution in [2.75, 3.05) is 19.6 Å². The molecule has 2 aromatic rings. The highest BCUT2D eigenvalue weighted by Gasteiger charge is 2.41. The third-order valence-corrected chi connectivity index (χ3v) is 5.48. The number of hydrogen-bond acceptors (Lipinski definition) is 3. The standard InChI is InChI=1S/C21H22N2O3.ClH/c24-20-19-9-10-22-11-18(19)13-23(20)12-14-1-3-15(4-2-14)16-5-7-17(8-6-16)21(25)26;/h1-8,18-19,22H,9-13H2,(H,25,26);1H/t18-,19?;/m0./s1. The van der Waals surface area contributed by atoms with E-state index in [0.29, 0.717) is 18.4 Å². The summed E-state index contributed by atoms with van der Waals surface area (Å²) in [4.78, 5) is 25.5. The maximum absolute atomic E-state index is 12.6. The van der Waals surface area contributed by atoms with Gasteiger partial charge in [0.25, 0.3) is 0 Å². The van der Waals surface area contributed by atoms with Crippen LogP contribution < -0.4 is 5.32 Å². The summed E-state index contributed by atoms with van der Waals surface area (Å²) in [6.45, 7) is 3.38. The van der Waals surface area contributed by atoms with E-state index in [-0.39, 0.29) is 23.9 Å². The molecule has 2 N–H and O–H groups in total. The number of amides is 1. The summed E-state index contributed by atoms with van der Waals surface area (Å²) in [7, 11) is 0. The first-order valence-corrected chi connectivity index (χ1v) is 9.04. The predicted molar refractivity (Wildman–Crippen MR) is 106 cm³/mol. The molecule has 1 unspecified atom stereocenters. The average Bonchev–Trinajstić information content (AvgIpc) is 2.98. The van der Waals surface area contributed by atoms with Crippen molar-refractivity contribution in [1.82, 2.24) is 10.2 Å². The zero-order chi connectivity index (χ0) is 18.1. The van der Waals surface area contributed by atoms with E-state index >= 15 is 0 Å². The smallest absolute Gasteiger partial charge is 0.335 e. The molecule has 0 bridgehead atoms. The lowest BCUT2D eigenvalue weighted by atomic mass is 9.89. The molecule has 2 heterocycles. The first-order valence-electron chi connectivity index (χ1n) is 9.04. The molecule has 2 atom stereocenters. The molecule has 2 fully saturated rings. The second-order valence-corrected chi connectivity index (χ2v) is 7.16. The summed E-state index contributed by atoms with van der Waals surface area (Å²) in [6, 6.07) is 15.0. The van der Waals surface area contributed by atoms with Gasteiger partial charge >= 0.3 is 5.97 Å². The molecule has 6 heteroatoms. The van der Waals surface area contributed by atoms with Crippen molar-refractivity contribution in [2.45, 2.75) is 13.0 Å². The molecule has 5 nitrogen and oxygen atoms in total. The van der Waals surface area contributed by atoms with Crippen molar-refractivity contribution in [3.63, 3.8) is 0 Å². The van der Waals surface area contributed by atoms with Crippen LogP contribution in [0.15, 0.2) is 48.5 Å². The van der Waals surface area contributed by atoms with Crippen LogP contribution >= 0.6 is 12.4 Å². The molecule has 2 aromatic carbocycles. The highest BCUT2D eigenvalue weighted by molar-refractivity contribution is 5.88. The number of nitrogens with one attached hydrogen (secondary N) is 1. The Morgan fingerprint density at radius 1 is 1.07 bits per heavy atom. The number of likely N-dealkylation sites (tertiary alicyclic amines) is 1. The number of piperidine rings is 1. The summed E-state index contributed by atoms with van der Waals surface area (Å²) in [5.41, 5.74) is 3.43. The van der Waals surface area contributed by atoms with Gasteiger partial charge in [-0.2, -0.15) is 0 Å². The number of nitrogens with zero attached hydrogens (tertiary/aromatic N) is 1. The van der Waals surface area contributed by atoms with Crippen molar-refractivity contribution in [2.24, 2.45) is 11.8 Å². The Labute approximate surface area is 164 Å². The van der Waals surface area contributed by atoms with Crippen LogP contribution in [-0.4, -0.2) is 41.5 Å². The van der Waals surface area contributed by atoms with Gasteiger partial charge in [0.15, 0.2) is 0 Å². The second-order valence-electron chi connectivity index (χ2n) is 7.16. The van der Waals surface area contributed by atoms with E-state index in [9.17, 15) is 9.59 Å². The number of carboxylic acids is 1. The van der Waals surface area contributed by atoms with E-state index in [2.05, 4.69) is 5.32 Å². The molecule has 142 valence electrons. The minimum Gasteiger partial charge on any atom is -0.478 e. The van der Waals surface area contributed by atoms with E-state index in [1.807, 2.05) is 41.3 Å². The third kappa shape index (κ3) is 3.99. The fourth-order valence-corrected chi connectivity index (χ4v) is 4.02. The second kappa shape index (κ2) is 8.11. The SMILES string of the molecule is Cl.O=C(O)c1ccc(-c2ccc(CN3C[C@@H]4CNCCC4C3=O)cc2)cc1. The number of carbonyl (C=O) groups is 2. The molecular weight excluding hydrogens is 364 g/mol. The Bertz CT molecular complexity index is 820. The quantitative estimate of drug-likeness (QED) is 0.847. The Balaban J connectivity index is 0.00000210. The molecule has 2 aliphatic heterocycles. The van der Waals surface area contributed by atoms with Gasteiger partial charge in [0.1, 0.15) is 0 Å². The fourth-order valence-electron chi connectivity index (χ4n) is 4.02. The molecule has 2 aliphatic rings. The summed E-state index contributed by atoms with van der Waals surface area (Å²) < 4.78 is 0. The lowest BCUT2D eigenvalue weighted by molar-refractivity contribution is -0.132. The van der Waals surface area contributed by atoms with Crippen LogP contribution in [0.2, 0.25) is 0 Å². The zero-order valence-electron chi connectivity index (χ0n) is 14.9. The van der Waals surface area contributed by atoms with Crippen molar-refractivity contribution in [3.8, 4) is 11.1 Å². The monoisotopic (exact) mass is 386 g/mol. The Morgan fingerprint density at radius 3 is 2.30 bits per heavy atom. The molecule has 4 rings (SSSR count). The van der Waals surface area contributed by atoms with Gasteiger partial charge in [-0.1, -0.05) is 36.4 Å². The van der Waals surface area contributed by atoms with Gasteiger partial charge in [0.2, 0.25) is 5.91 Å². The number of fused-ring (bicyclic) bond motifs is 1. The number of benzene rings is 2. The number of rotatable bonds is 4. The summed E-state index contributed by atoms with van der Waals surface area (Å²) >= 11 is 0. The van der Waals surface area contributed by atoms with Crippen LogP contribution in [0.3, 0.4) is 0 Å². The molecule has 2 saturated heterocycles. The molecule has 0 saturated carbocycles. The minimum absolute atomic E-state index is 0. The maximum Gasteiger partial charge on any atom is 0.335 e. The highest BCUT2D eigenvalue weighted by Crippen LogP contribution is 2.30. The number of halogens is 1. The summed E-state index contributed by atoms with van der Waals surface area (Å²) in [6.07, 6.45) is 0.950. The zero-order valence-corrected chi connectivity index (χ0v) is 15.7. The van der Waals surface area contributed by atoms with Gasteiger partial charge < -0.3 is 15.3 Å². The molecule has 0 radical (unpaired) electrons. The highest BCUT2D eigenvalue weighted by atomic mass is 35.5. The van der Waals surface area contributed by atoms with Gasteiger partial charge in [0.05, 0.1) is 5.56 Å². The Kier molecular flexibility index (Phi) is 5.82. The molecule has 0 aliphatic carbocycles. The van der Waals surface area contributed by atoms with Crippen molar-refractivity contribution >= 4 is 24.3 Å². The van der Waals surface area contributed by atoms with Gasteiger partial charge in [-0.3, -0.25) is 4.79 Å². The van der Waals surface area contributed by atoms with Crippen LogP contribution in [0.25, 0.3) is 11.1 Å². The number of carboxylic acid groups (broad SMARTS) is 1. The molecule has 0 aromatic heterocycles. The van der Waals surface area contributed by atoms with E-state index < -0.39 is 5.97 Å². The average molecular weight is 387 g/mol. The number of hydrogen-bond donors (Lipinski definition) is 2. The van der Waals surface area contributed by atoms with Crippen LogP contribution in [-0.2, 0) is 11.3 Å². The molecule has 1 amide bonds.